The van der Waals surface area contributed by atoms with Gasteiger partial charge in [-0.15, -0.1) is 0 Å². The molecule has 3 aromatic rings. The van der Waals surface area contributed by atoms with Crippen molar-refractivity contribution in [2.24, 2.45) is 7.05 Å². The number of nitrogens with zero attached hydrogens (tertiary/aromatic N) is 2. The molecule has 3 rings (SSSR count). The van der Waals surface area contributed by atoms with Gasteiger partial charge in [-0.25, -0.2) is 0 Å². The normalized spacial score (nSPS) is 10.8. The molecule has 1 heterocycles. The molecule has 1 aromatic heterocycles. The Morgan fingerprint density at radius 1 is 0.950 bits per heavy atom. The van der Waals surface area contributed by atoms with Gasteiger partial charge in [-0.2, -0.15) is 4.57 Å². The SMILES string of the molecule is CN(c1ccc(Cl)cc1)c1cc2ccccc2[n+](C)c1. The molecule has 20 heavy (non-hydrogen) atoms. The molecule has 0 saturated heterocycles. The van der Waals surface area contributed by atoms with Crippen molar-refractivity contribution in [1.82, 2.24) is 0 Å². The largest absolute Gasteiger partial charge is 0.340 e. The molecule has 0 aliphatic carbocycles. The van der Waals surface area contributed by atoms with Gasteiger partial charge in [0, 0.05) is 29.2 Å². The fourth-order valence-corrected chi connectivity index (χ4v) is 2.52. The zero-order chi connectivity index (χ0) is 14.1. The van der Waals surface area contributed by atoms with Gasteiger partial charge in [-0.05, 0) is 36.4 Å². The van der Waals surface area contributed by atoms with Crippen molar-refractivity contribution < 1.29 is 4.57 Å². The lowest BCUT2D eigenvalue weighted by Gasteiger charge is -2.18. The van der Waals surface area contributed by atoms with E-state index in [0.717, 1.165) is 16.4 Å². The van der Waals surface area contributed by atoms with Crippen LogP contribution in [0.1, 0.15) is 0 Å². The van der Waals surface area contributed by atoms with E-state index in [-0.39, 0.29) is 0 Å². The third kappa shape index (κ3) is 2.35. The first-order valence-corrected chi connectivity index (χ1v) is 6.91. The van der Waals surface area contributed by atoms with Crippen molar-refractivity contribution in [3.8, 4) is 0 Å². The highest BCUT2D eigenvalue weighted by atomic mass is 35.5. The molecule has 2 aromatic carbocycles. The van der Waals surface area contributed by atoms with Gasteiger partial charge in [-0.3, -0.25) is 0 Å². The van der Waals surface area contributed by atoms with E-state index in [1.807, 2.05) is 24.3 Å². The fraction of sp³-hybridized carbons (Fsp3) is 0.118. The Bertz CT molecular complexity index is 751. The number of aryl methyl sites for hydroxylation is 1. The van der Waals surface area contributed by atoms with E-state index < -0.39 is 0 Å². The van der Waals surface area contributed by atoms with Crippen molar-refractivity contribution in [3.63, 3.8) is 0 Å². The maximum Gasteiger partial charge on any atom is 0.212 e. The van der Waals surface area contributed by atoms with Crippen LogP contribution in [0.15, 0.2) is 60.8 Å². The van der Waals surface area contributed by atoms with Gasteiger partial charge in [0.15, 0.2) is 6.20 Å². The second-order valence-corrected chi connectivity index (χ2v) is 5.34. The molecule has 0 amide bonds. The van der Waals surface area contributed by atoms with E-state index in [1.165, 1.54) is 10.9 Å². The smallest absolute Gasteiger partial charge is 0.212 e. The molecule has 0 bridgehead atoms. The molecular formula is C17H16ClN2+. The third-order valence-electron chi connectivity index (χ3n) is 3.55. The Balaban J connectivity index is 2.07. The van der Waals surface area contributed by atoms with Crippen LogP contribution in [0.2, 0.25) is 5.02 Å². The van der Waals surface area contributed by atoms with Crippen molar-refractivity contribution >= 4 is 33.9 Å². The van der Waals surface area contributed by atoms with Crippen LogP contribution in [-0.4, -0.2) is 7.05 Å². The van der Waals surface area contributed by atoms with Crippen LogP contribution < -0.4 is 9.47 Å². The Labute approximate surface area is 123 Å². The summed E-state index contributed by atoms with van der Waals surface area (Å²) >= 11 is 5.94. The summed E-state index contributed by atoms with van der Waals surface area (Å²) in [7, 11) is 4.13. The Morgan fingerprint density at radius 2 is 1.65 bits per heavy atom. The highest BCUT2D eigenvalue weighted by Gasteiger charge is 2.11. The minimum atomic E-state index is 0.756. The summed E-state index contributed by atoms with van der Waals surface area (Å²) in [6.07, 6.45) is 2.14. The van der Waals surface area contributed by atoms with Crippen molar-refractivity contribution in [2.45, 2.75) is 0 Å². The number of anilines is 2. The summed E-state index contributed by atoms with van der Waals surface area (Å²) < 4.78 is 2.15. The second kappa shape index (κ2) is 5.14. The first-order valence-electron chi connectivity index (χ1n) is 6.53. The van der Waals surface area contributed by atoms with Crippen LogP contribution in [0.3, 0.4) is 0 Å². The summed E-state index contributed by atoms with van der Waals surface area (Å²) in [5.74, 6) is 0. The van der Waals surface area contributed by atoms with Crippen molar-refractivity contribution in [1.29, 1.82) is 0 Å². The fourth-order valence-electron chi connectivity index (χ4n) is 2.39. The second-order valence-electron chi connectivity index (χ2n) is 4.90. The van der Waals surface area contributed by atoms with E-state index >= 15 is 0 Å². The summed E-state index contributed by atoms with van der Waals surface area (Å²) in [5.41, 5.74) is 3.49. The van der Waals surface area contributed by atoms with Crippen LogP contribution in [0.5, 0.6) is 0 Å². The number of pyridine rings is 1. The standard InChI is InChI=1S/C17H16ClN2/c1-19-12-16(11-13-5-3-4-6-17(13)19)20(2)15-9-7-14(18)8-10-15/h3-12H,1-2H3/q+1. The molecule has 0 fully saturated rings. The predicted molar refractivity (Wildman–Crippen MR) is 84.6 cm³/mol. The van der Waals surface area contributed by atoms with Crippen LogP contribution in [0.4, 0.5) is 11.4 Å². The van der Waals surface area contributed by atoms with Crippen LogP contribution in [0, 0.1) is 0 Å². The Morgan fingerprint density at radius 3 is 2.40 bits per heavy atom. The number of hydrogen-bond acceptors (Lipinski definition) is 1. The lowest BCUT2D eigenvalue weighted by molar-refractivity contribution is -0.644. The van der Waals surface area contributed by atoms with Gasteiger partial charge in [-0.1, -0.05) is 23.7 Å². The molecule has 2 nitrogen and oxygen atoms in total. The maximum absolute atomic E-state index is 5.94. The van der Waals surface area contributed by atoms with Crippen LogP contribution in [0.25, 0.3) is 10.9 Å². The van der Waals surface area contributed by atoms with E-state index in [0.29, 0.717) is 0 Å². The van der Waals surface area contributed by atoms with E-state index in [1.54, 1.807) is 0 Å². The molecule has 0 unspecified atom stereocenters. The number of halogens is 1. The number of fused-ring (bicyclic) bond motifs is 1. The van der Waals surface area contributed by atoms with Crippen LogP contribution >= 0.6 is 11.6 Å². The van der Waals surface area contributed by atoms with E-state index in [9.17, 15) is 0 Å². The highest BCUT2D eigenvalue weighted by Crippen LogP contribution is 2.26. The van der Waals surface area contributed by atoms with Gasteiger partial charge in [0.05, 0.1) is 0 Å². The zero-order valence-corrected chi connectivity index (χ0v) is 12.3. The number of aromatic nitrogens is 1. The summed E-state index contributed by atoms with van der Waals surface area (Å²) in [6.45, 7) is 0. The first kappa shape index (κ1) is 12.9. The van der Waals surface area contributed by atoms with Gasteiger partial charge in [0.1, 0.15) is 12.7 Å². The third-order valence-corrected chi connectivity index (χ3v) is 3.80. The number of para-hydroxylation sites is 1. The minimum Gasteiger partial charge on any atom is -0.340 e. The van der Waals surface area contributed by atoms with Crippen molar-refractivity contribution in [2.75, 3.05) is 11.9 Å². The van der Waals surface area contributed by atoms with Crippen LogP contribution in [-0.2, 0) is 7.05 Å². The van der Waals surface area contributed by atoms with Gasteiger partial charge < -0.3 is 4.90 Å². The highest BCUT2D eigenvalue weighted by molar-refractivity contribution is 6.30. The molecule has 0 aliphatic heterocycles. The molecule has 0 saturated carbocycles. The topological polar surface area (TPSA) is 7.12 Å². The summed E-state index contributed by atoms with van der Waals surface area (Å²) in [6, 6.07) is 18.5. The summed E-state index contributed by atoms with van der Waals surface area (Å²) in [4.78, 5) is 2.16. The van der Waals surface area contributed by atoms with E-state index in [2.05, 4.69) is 60.1 Å². The zero-order valence-electron chi connectivity index (χ0n) is 11.5. The van der Waals surface area contributed by atoms with Gasteiger partial charge >= 0.3 is 0 Å². The molecule has 0 spiro atoms. The van der Waals surface area contributed by atoms with Gasteiger partial charge in [0.25, 0.3) is 0 Å². The van der Waals surface area contributed by atoms with Crippen molar-refractivity contribution in [3.05, 3.63) is 65.8 Å². The monoisotopic (exact) mass is 283 g/mol. The lowest BCUT2D eigenvalue weighted by atomic mass is 10.2. The molecule has 0 N–H and O–H groups in total. The minimum absolute atomic E-state index is 0.756. The Hall–Kier alpha value is -2.06. The molecule has 3 heteroatoms. The number of hydrogen-bond donors (Lipinski definition) is 0. The molecule has 0 atom stereocenters. The predicted octanol–water partition coefficient (Wildman–Crippen LogP) is 4.09. The van der Waals surface area contributed by atoms with E-state index in [4.69, 9.17) is 11.6 Å². The average Bonchev–Trinajstić information content (AvgIpc) is 2.47. The average molecular weight is 284 g/mol. The quantitative estimate of drug-likeness (QED) is 0.643. The summed E-state index contributed by atoms with van der Waals surface area (Å²) in [5, 5.41) is 1.99. The lowest BCUT2D eigenvalue weighted by Crippen LogP contribution is -2.29. The molecule has 0 aliphatic rings. The maximum atomic E-state index is 5.94. The number of benzene rings is 2. The molecule has 0 radical (unpaired) electrons. The number of rotatable bonds is 2. The van der Waals surface area contributed by atoms with Gasteiger partial charge in [0.2, 0.25) is 5.52 Å². The first-order chi connectivity index (χ1) is 9.65. The molecular weight excluding hydrogens is 268 g/mol. The Kier molecular flexibility index (Phi) is 3.33. The molecule has 100 valence electrons.